The van der Waals surface area contributed by atoms with Crippen molar-refractivity contribution < 1.29 is 4.21 Å². The summed E-state index contributed by atoms with van der Waals surface area (Å²) in [6.45, 7) is 5.45. The summed E-state index contributed by atoms with van der Waals surface area (Å²) in [5, 5.41) is 5.01. The van der Waals surface area contributed by atoms with E-state index in [4.69, 9.17) is 9.92 Å². The standard InChI is InChI=1S/C7H16N2OS/c1-3-5-6-7(4-2)11(8,9)10/h3,7H,1,4-6H2,2H3,(H3,8,9,10). The van der Waals surface area contributed by atoms with Crippen LogP contribution in [0.1, 0.15) is 26.2 Å². The maximum atomic E-state index is 11.0. The first-order valence-corrected chi connectivity index (χ1v) is 5.37. The second-order valence-corrected chi connectivity index (χ2v) is 4.51. The smallest absolute Gasteiger partial charge is 0.105 e. The molecule has 0 rings (SSSR count). The van der Waals surface area contributed by atoms with Crippen LogP contribution in [0.25, 0.3) is 0 Å². The highest BCUT2D eigenvalue weighted by Gasteiger charge is 2.13. The van der Waals surface area contributed by atoms with Gasteiger partial charge in [0.1, 0.15) is 9.92 Å². The highest BCUT2D eigenvalue weighted by atomic mass is 32.2. The first kappa shape index (κ1) is 10.7. The average molecular weight is 176 g/mol. The van der Waals surface area contributed by atoms with Crippen molar-refractivity contribution in [2.45, 2.75) is 31.4 Å². The molecule has 0 aliphatic carbocycles. The highest BCUT2D eigenvalue weighted by Crippen LogP contribution is 2.09. The molecule has 66 valence electrons. The minimum Gasteiger partial charge on any atom is -0.245 e. The van der Waals surface area contributed by atoms with Crippen LogP contribution in [0.3, 0.4) is 0 Å². The predicted octanol–water partition coefficient (Wildman–Crippen LogP) is 1.65. The van der Waals surface area contributed by atoms with Gasteiger partial charge in [-0.05, 0) is 19.3 Å². The van der Waals surface area contributed by atoms with Gasteiger partial charge in [-0.3, -0.25) is 0 Å². The third-order valence-electron chi connectivity index (χ3n) is 1.64. The van der Waals surface area contributed by atoms with Gasteiger partial charge in [-0.25, -0.2) is 14.1 Å². The second-order valence-electron chi connectivity index (χ2n) is 2.54. The van der Waals surface area contributed by atoms with Gasteiger partial charge in [0.15, 0.2) is 0 Å². The summed E-state index contributed by atoms with van der Waals surface area (Å²) in [7, 11) is -2.84. The normalized spacial score (nSPS) is 18.7. The van der Waals surface area contributed by atoms with Gasteiger partial charge in [0.25, 0.3) is 0 Å². The lowest BCUT2D eigenvalue weighted by Gasteiger charge is -2.12. The van der Waals surface area contributed by atoms with E-state index in [-0.39, 0.29) is 5.25 Å². The van der Waals surface area contributed by atoms with Crippen molar-refractivity contribution >= 4 is 9.92 Å². The summed E-state index contributed by atoms with van der Waals surface area (Å²) < 4.78 is 18.2. The maximum Gasteiger partial charge on any atom is 0.105 e. The van der Waals surface area contributed by atoms with Crippen LogP contribution in [0.15, 0.2) is 12.7 Å². The van der Waals surface area contributed by atoms with Gasteiger partial charge < -0.3 is 0 Å². The molecule has 0 aromatic heterocycles. The second kappa shape index (κ2) is 4.51. The molecule has 0 aliphatic rings. The van der Waals surface area contributed by atoms with E-state index in [1.807, 2.05) is 6.92 Å². The van der Waals surface area contributed by atoms with E-state index in [1.165, 1.54) is 0 Å². The number of allylic oxidation sites excluding steroid dienone is 1. The third-order valence-corrected chi connectivity index (χ3v) is 3.20. The molecule has 0 radical (unpaired) electrons. The molecule has 0 aliphatic heterocycles. The molecule has 11 heavy (non-hydrogen) atoms. The van der Waals surface area contributed by atoms with Crippen LogP contribution in [0, 0.1) is 4.78 Å². The third kappa shape index (κ3) is 4.16. The number of rotatable bonds is 5. The molecule has 2 atom stereocenters. The van der Waals surface area contributed by atoms with Gasteiger partial charge in [-0.1, -0.05) is 13.0 Å². The Morgan fingerprint density at radius 1 is 1.82 bits per heavy atom. The Labute approximate surface area is 68.8 Å². The Morgan fingerprint density at radius 2 is 2.36 bits per heavy atom. The first-order valence-electron chi connectivity index (χ1n) is 3.68. The lowest BCUT2D eigenvalue weighted by molar-refractivity contribution is 0.641. The molecule has 0 aromatic rings. The van der Waals surface area contributed by atoms with Crippen LogP contribution in [-0.2, 0) is 9.92 Å². The van der Waals surface area contributed by atoms with Crippen molar-refractivity contribution in [3.05, 3.63) is 12.7 Å². The molecule has 3 nitrogen and oxygen atoms in total. The summed E-state index contributed by atoms with van der Waals surface area (Å²) in [6.07, 6.45) is 3.95. The van der Waals surface area contributed by atoms with Crippen LogP contribution < -0.4 is 5.14 Å². The fourth-order valence-corrected chi connectivity index (χ4v) is 1.91. The van der Waals surface area contributed by atoms with Gasteiger partial charge >= 0.3 is 0 Å². The first-order chi connectivity index (χ1) is 5.02. The average Bonchev–Trinajstić information content (AvgIpc) is 1.87. The minimum absolute atomic E-state index is 0.180. The molecule has 0 aromatic carbocycles. The van der Waals surface area contributed by atoms with Crippen molar-refractivity contribution in [1.82, 2.24) is 0 Å². The monoisotopic (exact) mass is 176 g/mol. The van der Waals surface area contributed by atoms with E-state index < -0.39 is 9.92 Å². The Balaban J connectivity index is 4.07. The molecule has 0 saturated carbocycles. The fraction of sp³-hybridized carbons (Fsp3) is 0.714. The maximum absolute atomic E-state index is 11.0. The van der Waals surface area contributed by atoms with Crippen LogP contribution in [0.4, 0.5) is 0 Å². The van der Waals surface area contributed by atoms with Gasteiger partial charge in [0.05, 0.1) is 5.25 Å². The minimum atomic E-state index is -2.84. The van der Waals surface area contributed by atoms with E-state index in [0.29, 0.717) is 12.8 Å². The molecular weight excluding hydrogens is 160 g/mol. The Bertz CT molecular complexity index is 208. The molecule has 0 fully saturated rings. The fourth-order valence-electron chi connectivity index (χ4n) is 0.931. The number of hydrogen-bond donors (Lipinski definition) is 2. The topological polar surface area (TPSA) is 66.9 Å². The zero-order chi connectivity index (χ0) is 8.91. The molecule has 2 unspecified atom stereocenters. The molecule has 0 saturated heterocycles. The van der Waals surface area contributed by atoms with E-state index in [2.05, 4.69) is 6.58 Å². The van der Waals surface area contributed by atoms with Gasteiger partial charge in [-0.15, -0.1) is 6.58 Å². The molecule has 0 bridgehead atoms. The predicted molar refractivity (Wildman–Crippen MR) is 48.6 cm³/mol. The van der Waals surface area contributed by atoms with E-state index in [9.17, 15) is 4.21 Å². The van der Waals surface area contributed by atoms with Crippen molar-refractivity contribution in [2.75, 3.05) is 0 Å². The number of hydrogen-bond acceptors (Lipinski definition) is 2. The Morgan fingerprint density at radius 3 is 2.64 bits per heavy atom. The molecule has 4 heteroatoms. The SMILES string of the molecule is C=CCCC(CC)S(=N)(N)=O. The summed E-state index contributed by atoms with van der Waals surface area (Å²) in [5.41, 5.74) is 0. The Hall–Kier alpha value is -0.350. The van der Waals surface area contributed by atoms with E-state index in [1.54, 1.807) is 6.08 Å². The zero-order valence-corrected chi connectivity index (χ0v) is 7.69. The highest BCUT2D eigenvalue weighted by molar-refractivity contribution is 7.90. The van der Waals surface area contributed by atoms with Crippen LogP contribution in [0.2, 0.25) is 0 Å². The van der Waals surface area contributed by atoms with Crippen molar-refractivity contribution in [3.63, 3.8) is 0 Å². The zero-order valence-electron chi connectivity index (χ0n) is 6.88. The Kier molecular flexibility index (Phi) is 4.37. The van der Waals surface area contributed by atoms with Gasteiger partial charge in [0, 0.05) is 0 Å². The molecule has 3 N–H and O–H groups in total. The summed E-state index contributed by atoms with van der Waals surface area (Å²) in [4.78, 5) is 0. The lowest BCUT2D eigenvalue weighted by Crippen LogP contribution is -2.26. The van der Waals surface area contributed by atoms with E-state index >= 15 is 0 Å². The van der Waals surface area contributed by atoms with Gasteiger partial charge in [0.2, 0.25) is 0 Å². The largest absolute Gasteiger partial charge is 0.245 e. The van der Waals surface area contributed by atoms with Crippen molar-refractivity contribution in [3.8, 4) is 0 Å². The van der Waals surface area contributed by atoms with Crippen LogP contribution in [0.5, 0.6) is 0 Å². The van der Waals surface area contributed by atoms with Crippen molar-refractivity contribution in [2.24, 2.45) is 5.14 Å². The molecule has 0 spiro atoms. The summed E-state index contributed by atoms with van der Waals surface area (Å²) in [6, 6.07) is 0. The number of nitrogens with two attached hydrogens (primary N) is 1. The summed E-state index contributed by atoms with van der Waals surface area (Å²) >= 11 is 0. The van der Waals surface area contributed by atoms with Crippen molar-refractivity contribution in [1.29, 1.82) is 4.78 Å². The lowest BCUT2D eigenvalue weighted by atomic mass is 10.2. The van der Waals surface area contributed by atoms with Gasteiger partial charge in [-0.2, -0.15) is 0 Å². The summed E-state index contributed by atoms with van der Waals surface area (Å²) in [5.74, 6) is 0. The van der Waals surface area contributed by atoms with Crippen LogP contribution >= 0.6 is 0 Å². The number of nitrogens with one attached hydrogen (secondary N) is 1. The van der Waals surface area contributed by atoms with Crippen LogP contribution in [-0.4, -0.2) is 9.46 Å². The molecule has 0 amide bonds. The quantitative estimate of drug-likeness (QED) is 0.614. The molecular formula is C7H16N2OS. The molecule has 0 heterocycles. The van der Waals surface area contributed by atoms with E-state index in [0.717, 1.165) is 6.42 Å².